The number of alkyl carbamates (subject to hydrolysis) is 1. The van der Waals surface area contributed by atoms with Crippen LogP contribution in [-0.4, -0.2) is 91.9 Å². The van der Waals surface area contributed by atoms with Crippen LogP contribution in [0.25, 0.3) is 0 Å². The van der Waals surface area contributed by atoms with E-state index in [2.05, 4.69) is 10.0 Å². The highest BCUT2D eigenvalue weighted by Crippen LogP contribution is 2.40. The van der Waals surface area contributed by atoms with Crippen molar-refractivity contribution in [1.82, 2.24) is 14.9 Å². The number of ether oxygens (including phenoxy) is 3. The number of carbonyl (C=O) groups is 5. The number of carbonyl (C=O) groups excluding carboxylic acids is 5. The van der Waals surface area contributed by atoms with Gasteiger partial charge in [-0.05, 0) is 65.2 Å². The van der Waals surface area contributed by atoms with Crippen LogP contribution in [0.3, 0.4) is 0 Å². The number of nitrogens with one attached hydrogen (secondary N) is 2. The average Bonchev–Trinajstić information content (AvgIpc) is 3.87. The Kier molecular flexibility index (Phi) is 13.0. The van der Waals surface area contributed by atoms with E-state index < -0.39 is 68.8 Å². The van der Waals surface area contributed by atoms with Gasteiger partial charge in [0.15, 0.2) is 0 Å². The standard InChI is InChI=1S/C31H50N4O10S/c1-6-9-19(2)29(39)44-21-17-25(26(32)36)35(18-21)28(38)24(33-30(40)45-31(3,4)5)11-8-15-43-14-7-10-20-16-23(20)27(37)34-46(41,42)22-12-13-22/h7,10,19-25H,6,8-9,11-18H2,1-5H3,(H2,32,36)(H,33,40)(H,34,37)/b10-7-/t19?,20-,21-,23+,24+,25+/m1/s1. The van der Waals surface area contributed by atoms with Gasteiger partial charge in [0.2, 0.25) is 27.7 Å². The summed E-state index contributed by atoms with van der Waals surface area (Å²) in [5.74, 6) is -2.89. The SMILES string of the molecule is CCCC(C)C(=O)O[C@@H]1C[C@@H](C(N)=O)N(C(=O)[C@H](CCCOC/C=C\[C@@H]2C[C@@H]2C(=O)NS(=O)(=O)C2CC2)NC(=O)OC(C)(C)C)C1. The smallest absolute Gasteiger partial charge is 0.408 e. The summed E-state index contributed by atoms with van der Waals surface area (Å²) >= 11 is 0. The zero-order valence-corrected chi connectivity index (χ0v) is 28.3. The summed E-state index contributed by atoms with van der Waals surface area (Å²) in [7, 11) is -3.56. The molecule has 0 spiro atoms. The number of nitrogens with zero attached hydrogens (tertiary/aromatic N) is 1. The number of likely N-dealkylation sites (tertiary alicyclic amines) is 1. The highest BCUT2D eigenvalue weighted by atomic mass is 32.2. The van der Waals surface area contributed by atoms with Crippen LogP contribution in [0, 0.1) is 17.8 Å². The van der Waals surface area contributed by atoms with Crippen molar-refractivity contribution in [2.45, 2.75) is 115 Å². The molecule has 3 rings (SSSR count). The van der Waals surface area contributed by atoms with Gasteiger partial charge < -0.3 is 30.2 Å². The minimum Gasteiger partial charge on any atom is -0.460 e. The molecule has 2 aliphatic carbocycles. The topological polar surface area (TPSA) is 200 Å². The maximum absolute atomic E-state index is 13.7. The second kappa shape index (κ2) is 16.1. The molecular weight excluding hydrogens is 620 g/mol. The van der Waals surface area contributed by atoms with E-state index in [9.17, 15) is 32.4 Å². The van der Waals surface area contributed by atoms with Gasteiger partial charge in [-0.3, -0.25) is 23.9 Å². The molecule has 2 saturated carbocycles. The molecule has 1 heterocycles. The molecule has 0 aromatic heterocycles. The third kappa shape index (κ3) is 11.6. The fourth-order valence-corrected chi connectivity index (χ4v) is 6.67. The molecule has 1 unspecified atom stereocenters. The van der Waals surface area contributed by atoms with Crippen LogP contribution in [0.15, 0.2) is 12.2 Å². The number of hydrogen-bond donors (Lipinski definition) is 3. The second-order valence-corrected chi connectivity index (χ2v) is 15.4. The molecule has 4 amide bonds. The van der Waals surface area contributed by atoms with Gasteiger partial charge in [0.25, 0.3) is 0 Å². The predicted molar refractivity (Wildman–Crippen MR) is 167 cm³/mol. The van der Waals surface area contributed by atoms with E-state index >= 15 is 0 Å². The van der Waals surface area contributed by atoms with Gasteiger partial charge in [0.1, 0.15) is 23.8 Å². The molecule has 1 saturated heterocycles. The van der Waals surface area contributed by atoms with Gasteiger partial charge in [0, 0.05) is 18.9 Å². The predicted octanol–water partition coefficient (Wildman–Crippen LogP) is 1.91. The minimum absolute atomic E-state index is 0.0302. The first-order valence-electron chi connectivity index (χ1n) is 16.1. The molecule has 3 aliphatic rings. The number of hydrogen-bond acceptors (Lipinski definition) is 10. The van der Waals surface area contributed by atoms with Crippen LogP contribution in [0.5, 0.6) is 0 Å². The Morgan fingerprint density at radius 3 is 2.39 bits per heavy atom. The second-order valence-electron chi connectivity index (χ2n) is 13.5. The van der Waals surface area contributed by atoms with E-state index in [4.69, 9.17) is 19.9 Å². The highest BCUT2D eigenvalue weighted by Gasteiger charge is 2.45. The van der Waals surface area contributed by atoms with E-state index in [1.54, 1.807) is 33.8 Å². The van der Waals surface area contributed by atoms with Crippen molar-refractivity contribution in [2.75, 3.05) is 19.8 Å². The number of amides is 4. The fraction of sp³-hybridized carbons (Fsp3) is 0.774. The number of allylic oxidation sites excluding steroid dienone is 1. The fourth-order valence-electron chi connectivity index (χ4n) is 5.31. The Morgan fingerprint density at radius 2 is 1.78 bits per heavy atom. The largest absolute Gasteiger partial charge is 0.460 e. The molecule has 3 fully saturated rings. The van der Waals surface area contributed by atoms with Crippen LogP contribution < -0.4 is 15.8 Å². The maximum atomic E-state index is 13.7. The molecule has 0 radical (unpaired) electrons. The number of nitrogens with two attached hydrogens (primary N) is 1. The Morgan fingerprint density at radius 1 is 1.09 bits per heavy atom. The summed E-state index contributed by atoms with van der Waals surface area (Å²) in [6.45, 7) is 9.26. The van der Waals surface area contributed by atoms with Crippen molar-refractivity contribution in [1.29, 1.82) is 0 Å². The van der Waals surface area contributed by atoms with E-state index in [-0.39, 0.29) is 50.4 Å². The van der Waals surface area contributed by atoms with Crippen molar-refractivity contribution in [3.8, 4) is 0 Å². The molecule has 0 aromatic carbocycles. The Balaban J connectivity index is 1.51. The lowest BCUT2D eigenvalue weighted by Gasteiger charge is -2.28. The van der Waals surface area contributed by atoms with Gasteiger partial charge in [-0.1, -0.05) is 32.4 Å². The number of sulfonamides is 1. The third-order valence-electron chi connectivity index (χ3n) is 8.03. The zero-order valence-electron chi connectivity index (χ0n) is 27.5. The van der Waals surface area contributed by atoms with Gasteiger partial charge in [-0.2, -0.15) is 0 Å². The van der Waals surface area contributed by atoms with Crippen LogP contribution in [0.2, 0.25) is 0 Å². The Hall–Kier alpha value is -3.20. The van der Waals surface area contributed by atoms with Crippen molar-refractivity contribution in [3.05, 3.63) is 12.2 Å². The van der Waals surface area contributed by atoms with Gasteiger partial charge in [-0.15, -0.1) is 0 Å². The maximum Gasteiger partial charge on any atom is 0.408 e. The number of primary amides is 1. The van der Waals surface area contributed by atoms with Gasteiger partial charge in [-0.25, -0.2) is 13.2 Å². The molecule has 0 bridgehead atoms. The van der Waals surface area contributed by atoms with Crippen molar-refractivity contribution in [3.63, 3.8) is 0 Å². The van der Waals surface area contributed by atoms with Gasteiger partial charge >= 0.3 is 12.1 Å². The van der Waals surface area contributed by atoms with Crippen molar-refractivity contribution < 1.29 is 46.6 Å². The van der Waals surface area contributed by atoms with Crippen molar-refractivity contribution in [2.24, 2.45) is 23.5 Å². The van der Waals surface area contributed by atoms with Crippen LogP contribution in [0.1, 0.15) is 86.0 Å². The summed E-state index contributed by atoms with van der Waals surface area (Å²) < 4.78 is 42.7. The zero-order chi connectivity index (χ0) is 34.2. The van der Waals surface area contributed by atoms with E-state index in [1.165, 1.54) is 4.90 Å². The number of rotatable bonds is 17. The van der Waals surface area contributed by atoms with Crippen LogP contribution in [-0.2, 0) is 43.4 Å². The molecular formula is C31H50N4O10S. The first kappa shape index (κ1) is 37.3. The summed E-state index contributed by atoms with van der Waals surface area (Å²) in [5, 5.41) is 2.15. The highest BCUT2D eigenvalue weighted by molar-refractivity contribution is 7.90. The molecule has 4 N–H and O–H groups in total. The Bertz CT molecular complexity index is 1260. The third-order valence-corrected chi connectivity index (χ3v) is 9.87. The van der Waals surface area contributed by atoms with Crippen LogP contribution in [0.4, 0.5) is 4.79 Å². The normalized spacial score (nSPS) is 24.2. The number of esters is 1. The molecule has 14 nitrogen and oxygen atoms in total. The molecule has 15 heteroatoms. The summed E-state index contributed by atoms with van der Waals surface area (Å²) in [6.07, 6.45) is 5.90. The quantitative estimate of drug-likeness (QED) is 0.117. The minimum atomic E-state index is -3.56. The molecule has 6 atom stereocenters. The van der Waals surface area contributed by atoms with E-state index in [0.29, 0.717) is 32.1 Å². The van der Waals surface area contributed by atoms with E-state index in [0.717, 1.165) is 6.42 Å². The summed E-state index contributed by atoms with van der Waals surface area (Å²) in [4.78, 5) is 64.5. The summed E-state index contributed by atoms with van der Waals surface area (Å²) in [6, 6.07) is -2.06. The lowest BCUT2D eigenvalue weighted by molar-refractivity contribution is -0.153. The molecule has 260 valence electrons. The summed E-state index contributed by atoms with van der Waals surface area (Å²) in [5.41, 5.74) is 4.80. The lowest BCUT2D eigenvalue weighted by Crippen LogP contribution is -2.53. The first-order chi connectivity index (χ1) is 21.5. The van der Waals surface area contributed by atoms with Crippen molar-refractivity contribution >= 4 is 39.8 Å². The molecule has 0 aromatic rings. The lowest BCUT2D eigenvalue weighted by atomic mass is 10.1. The van der Waals surface area contributed by atoms with E-state index in [1.807, 2.05) is 13.0 Å². The Labute approximate surface area is 271 Å². The van der Waals surface area contributed by atoms with Gasteiger partial charge in [0.05, 0.1) is 24.3 Å². The molecule has 1 aliphatic heterocycles. The average molecular weight is 671 g/mol. The molecule has 46 heavy (non-hydrogen) atoms. The van der Waals surface area contributed by atoms with Crippen LogP contribution >= 0.6 is 0 Å². The first-order valence-corrected chi connectivity index (χ1v) is 17.7. The monoisotopic (exact) mass is 670 g/mol.